The molecule has 0 aliphatic heterocycles. The van der Waals surface area contributed by atoms with Gasteiger partial charge in [0.05, 0.1) is 11.3 Å². The minimum Gasteiger partial charge on any atom is -0.478 e. The number of aromatic carboxylic acids is 1. The zero-order chi connectivity index (χ0) is 15.6. The van der Waals surface area contributed by atoms with Gasteiger partial charge in [0.15, 0.2) is 5.76 Å². The molecule has 0 spiro atoms. The van der Waals surface area contributed by atoms with Gasteiger partial charge in [0.1, 0.15) is 11.4 Å². The van der Waals surface area contributed by atoms with Gasteiger partial charge in [-0.2, -0.15) is 0 Å². The Morgan fingerprint density at radius 2 is 2.05 bits per heavy atom. The Morgan fingerprint density at radius 1 is 1.33 bits per heavy atom. The van der Waals surface area contributed by atoms with Gasteiger partial charge in [0, 0.05) is 12.1 Å². The van der Waals surface area contributed by atoms with Crippen LogP contribution in [0.5, 0.6) is 0 Å². The van der Waals surface area contributed by atoms with E-state index in [4.69, 9.17) is 9.63 Å². The van der Waals surface area contributed by atoms with Crippen molar-refractivity contribution in [2.75, 3.05) is 5.32 Å². The number of carbonyl (C=O) groups is 2. The molecule has 0 aliphatic rings. The van der Waals surface area contributed by atoms with Crippen LogP contribution in [0.15, 0.2) is 22.9 Å². The number of hydrogen-bond donors (Lipinski definition) is 2. The summed E-state index contributed by atoms with van der Waals surface area (Å²) in [7, 11) is 0. The summed E-state index contributed by atoms with van der Waals surface area (Å²) in [6.07, 6.45) is 1.18. The van der Waals surface area contributed by atoms with Crippen LogP contribution in [0, 0.1) is 6.92 Å². The molecule has 2 rings (SSSR count). The van der Waals surface area contributed by atoms with Gasteiger partial charge in [-0.15, -0.1) is 0 Å². The fourth-order valence-corrected chi connectivity index (χ4v) is 1.83. The lowest BCUT2D eigenvalue weighted by atomic mass is 10.0. The highest BCUT2D eigenvalue weighted by molar-refractivity contribution is 6.05. The van der Waals surface area contributed by atoms with E-state index in [0.29, 0.717) is 17.0 Å². The van der Waals surface area contributed by atoms with E-state index in [1.165, 1.54) is 18.3 Å². The molecule has 0 unspecified atom stereocenters. The van der Waals surface area contributed by atoms with Crippen molar-refractivity contribution in [3.63, 3.8) is 0 Å². The number of anilines is 1. The number of carboxylic acid groups (broad SMARTS) is 1. The van der Waals surface area contributed by atoms with Gasteiger partial charge in [-0.25, -0.2) is 9.78 Å². The number of pyridine rings is 1. The average molecular weight is 289 g/mol. The molecular weight excluding hydrogens is 274 g/mol. The van der Waals surface area contributed by atoms with Crippen LogP contribution in [0.3, 0.4) is 0 Å². The number of rotatable bonds is 4. The first-order chi connectivity index (χ1) is 9.90. The summed E-state index contributed by atoms with van der Waals surface area (Å²) in [5.74, 6) is -0.660. The summed E-state index contributed by atoms with van der Waals surface area (Å²) in [5, 5.41) is 15.2. The molecule has 2 aromatic heterocycles. The fourth-order valence-electron chi connectivity index (χ4n) is 1.83. The first-order valence-electron chi connectivity index (χ1n) is 6.37. The van der Waals surface area contributed by atoms with Crippen molar-refractivity contribution < 1.29 is 19.2 Å². The number of amides is 1. The average Bonchev–Trinajstić information content (AvgIpc) is 2.81. The van der Waals surface area contributed by atoms with Crippen LogP contribution in [-0.4, -0.2) is 27.1 Å². The molecule has 1 amide bonds. The number of hydrogen-bond acceptors (Lipinski definition) is 5. The molecule has 0 radical (unpaired) electrons. The third kappa shape index (κ3) is 3.07. The van der Waals surface area contributed by atoms with E-state index >= 15 is 0 Å². The molecule has 0 aliphatic carbocycles. The lowest BCUT2D eigenvalue weighted by Gasteiger charge is -2.06. The predicted octanol–water partition coefficient (Wildman–Crippen LogP) is 2.45. The Bertz CT molecular complexity index is 674. The monoisotopic (exact) mass is 289 g/mol. The van der Waals surface area contributed by atoms with Crippen molar-refractivity contribution in [2.45, 2.75) is 26.7 Å². The van der Waals surface area contributed by atoms with E-state index in [0.717, 1.165) is 0 Å². The SMILES string of the molecule is Cc1noc(C(C)C)c1C(=O)Nc1ccc(C(=O)O)cn1. The second-order valence-electron chi connectivity index (χ2n) is 4.85. The lowest BCUT2D eigenvalue weighted by molar-refractivity contribution is 0.0696. The highest BCUT2D eigenvalue weighted by atomic mass is 16.5. The third-order valence-electron chi connectivity index (χ3n) is 2.89. The number of carboxylic acids is 1. The summed E-state index contributed by atoms with van der Waals surface area (Å²) in [6.45, 7) is 5.48. The van der Waals surface area contributed by atoms with E-state index in [-0.39, 0.29) is 23.2 Å². The molecule has 21 heavy (non-hydrogen) atoms. The first kappa shape index (κ1) is 14.7. The predicted molar refractivity (Wildman–Crippen MR) is 74.5 cm³/mol. The third-order valence-corrected chi connectivity index (χ3v) is 2.89. The maximum absolute atomic E-state index is 12.3. The van der Waals surface area contributed by atoms with Crippen molar-refractivity contribution in [2.24, 2.45) is 0 Å². The molecule has 7 nitrogen and oxygen atoms in total. The van der Waals surface area contributed by atoms with Crippen molar-refractivity contribution in [3.05, 3.63) is 40.9 Å². The Hall–Kier alpha value is -2.70. The Kier molecular flexibility index (Phi) is 4.02. The van der Waals surface area contributed by atoms with E-state index < -0.39 is 5.97 Å². The smallest absolute Gasteiger partial charge is 0.337 e. The molecule has 0 saturated carbocycles. The van der Waals surface area contributed by atoms with Gasteiger partial charge in [-0.05, 0) is 19.1 Å². The zero-order valence-corrected chi connectivity index (χ0v) is 11.9. The molecular formula is C14H15N3O4. The van der Waals surface area contributed by atoms with E-state index in [2.05, 4.69) is 15.5 Å². The second kappa shape index (κ2) is 5.74. The van der Waals surface area contributed by atoms with E-state index in [1.54, 1.807) is 6.92 Å². The summed E-state index contributed by atoms with van der Waals surface area (Å²) in [5.41, 5.74) is 0.935. The van der Waals surface area contributed by atoms with Crippen LogP contribution < -0.4 is 5.32 Å². The normalized spacial score (nSPS) is 10.7. The van der Waals surface area contributed by atoms with Crippen LogP contribution in [0.1, 0.15) is 51.9 Å². The number of carbonyl (C=O) groups excluding carboxylic acids is 1. The Balaban J connectivity index is 2.22. The van der Waals surface area contributed by atoms with Gasteiger partial charge in [-0.1, -0.05) is 19.0 Å². The van der Waals surface area contributed by atoms with Crippen LogP contribution in [0.25, 0.3) is 0 Å². The molecule has 0 aromatic carbocycles. The van der Waals surface area contributed by atoms with Crippen molar-refractivity contribution >= 4 is 17.7 Å². The van der Waals surface area contributed by atoms with E-state index in [9.17, 15) is 9.59 Å². The molecule has 7 heteroatoms. The Labute approximate surface area is 121 Å². The minimum absolute atomic E-state index is 0.0225. The molecule has 2 aromatic rings. The maximum Gasteiger partial charge on any atom is 0.337 e. The van der Waals surface area contributed by atoms with Crippen molar-refractivity contribution in [3.8, 4) is 0 Å². The summed E-state index contributed by atoms with van der Waals surface area (Å²) in [6, 6.07) is 2.80. The number of aromatic nitrogens is 2. The van der Waals surface area contributed by atoms with Gasteiger partial charge >= 0.3 is 5.97 Å². The Morgan fingerprint density at radius 3 is 2.57 bits per heavy atom. The van der Waals surface area contributed by atoms with Gasteiger partial charge in [0.25, 0.3) is 5.91 Å². The number of nitrogens with one attached hydrogen (secondary N) is 1. The zero-order valence-electron chi connectivity index (χ0n) is 11.9. The van der Waals surface area contributed by atoms with Crippen molar-refractivity contribution in [1.82, 2.24) is 10.1 Å². The van der Waals surface area contributed by atoms with Crippen molar-refractivity contribution in [1.29, 1.82) is 0 Å². The molecule has 0 fully saturated rings. The van der Waals surface area contributed by atoms with Gasteiger partial charge < -0.3 is 14.9 Å². The minimum atomic E-state index is -1.07. The number of aryl methyl sites for hydroxylation is 1. The number of nitrogens with zero attached hydrogens (tertiary/aromatic N) is 2. The van der Waals surface area contributed by atoms with Crippen LogP contribution in [0.2, 0.25) is 0 Å². The molecule has 0 bridgehead atoms. The second-order valence-corrected chi connectivity index (χ2v) is 4.85. The van der Waals surface area contributed by atoms with Gasteiger partial charge in [-0.3, -0.25) is 4.79 Å². The highest BCUT2D eigenvalue weighted by Crippen LogP contribution is 2.23. The lowest BCUT2D eigenvalue weighted by Crippen LogP contribution is -2.15. The standard InChI is InChI=1S/C14H15N3O4/c1-7(2)12-11(8(3)17-21-12)13(18)16-10-5-4-9(6-15-10)14(19)20/h4-7H,1-3H3,(H,19,20)(H,15,16,18). The largest absolute Gasteiger partial charge is 0.478 e. The molecule has 2 heterocycles. The highest BCUT2D eigenvalue weighted by Gasteiger charge is 2.22. The molecule has 0 atom stereocenters. The summed E-state index contributed by atoms with van der Waals surface area (Å²) >= 11 is 0. The summed E-state index contributed by atoms with van der Waals surface area (Å²) in [4.78, 5) is 26.9. The van der Waals surface area contributed by atoms with Crippen LogP contribution >= 0.6 is 0 Å². The van der Waals surface area contributed by atoms with E-state index in [1.807, 2.05) is 13.8 Å². The maximum atomic E-state index is 12.3. The summed E-state index contributed by atoms with van der Waals surface area (Å²) < 4.78 is 5.16. The van der Waals surface area contributed by atoms with Crippen LogP contribution in [-0.2, 0) is 0 Å². The molecule has 110 valence electrons. The topological polar surface area (TPSA) is 105 Å². The fraction of sp³-hybridized carbons (Fsp3) is 0.286. The molecule has 2 N–H and O–H groups in total. The van der Waals surface area contributed by atoms with Gasteiger partial charge in [0.2, 0.25) is 0 Å². The van der Waals surface area contributed by atoms with Crippen LogP contribution in [0.4, 0.5) is 5.82 Å². The quantitative estimate of drug-likeness (QED) is 0.895. The molecule has 0 saturated heterocycles. The first-order valence-corrected chi connectivity index (χ1v) is 6.37.